The van der Waals surface area contributed by atoms with Crippen LogP contribution in [0.15, 0.2) is 0 Å². The fourth-order valence-electron chi connectivity index (χ4n) is 1.23. The molecule has 1 saturated carbocycles. The summed E-state index contributed by atoms with van der Waals surface area (Å²) in [4.78, 5) is 0. The average Bonchev–Trinajstić information content (AvgIpc) is 2.12. The van der Waals surface area contributed by atoms with Crippen molar-refractivity contribution in [3.63, 3.8) is 0 Å². The van der Waals surface area contributed by atoms with E-state index in [1.807, 2.05) is 0 Å². The highest BCUT2D eigenvalue weighted by molar-refractivity contribution is 5.35. The molecule has 1 heterocycles. The summed E-state index contributed by atoms with van der Waals surface area (Å²) in [5, 5.41) is 10.3. The third-order valence-corrected chi connectivity index (χ3v) is 2.10. The lowest BCUT2D eigenvalue weighted by Crippen LogP contribution is -2.10. The Hall–Kier alpha value is -1.06. The zero-order chi connectivity index (χ0) is 6.97. The van der Waals surface area contributed by atoms with Gasteiger partial charge in [-0.2, -0.15) is 10.3 Å². The normalized spacial score (nSPS) is 18.8. The summed E-state index contributed by atoms with van der Waals surface area (Å²) >= 11 is 0. The Morgan fingerprint density at radius 2 is 2.20 bits per heavy atom. The number of rotatable bonds is 1. The van der Waals surface area contributed by atoms with Gasteiger partial charge in [-0.3, -0.25) is 0 Å². The molecule has 0 amide bonds. The minimum atomic E-state index is 0.574. The van der Waals surface area contributed by atoms with Crippen LogP contribution in [0.4, 0.5) is 5.82 Å². The summed E-state index contributed by atoms with van der Waals surface area (Å²) in [5.41, 5.74) is 6.51. The highest BCUT2D eigenvalue weighted by Gasteiger charge is 2.24. The lowest BCUT2D eigenvalue weighted by molar-refractivity contribution is 0.411. The lowest BCUT2D eigenvalue weighted by Gasteiger charge is -2.22. The van der Waals surface area contributed by atoms with Gasteiger partial charge in [0, 0.05) is 5.92 Å². The van der Waals surface area contributed by atoms with E-state index in [2.05, 4.69) is 15.4 Å². The second-order valence-corrected chi connectivity index (χ2v) is 2.72. The molecule has 0 aromatic carbocycles. The molecule has 0 bridgehead atoms. The molecule has 4 heteroatoms. The molecular formula is C6H10N4. The monoisotopic (exact) mass is 138 g/mol. The van der Waals surface area contributed by atoms with Crippen LogP contribution >= 0.6 is 0 Å². The summed E-state index contributed by atoms with van der Waals surface area (Å²) in [5.74, 6) is 1.16. The number of anilines is 1. The van der Waals surface area contributed by atoms with Crippen molar-refractivity contribution in [3.8, 4) is 0 Å². The highest BCUT2D eigenvalue weighted by Crippen LogP contribution is 2.36. The van der Waals surface area contributed by atoms with Crippen LogP contribution in [-0.4, -0.2) is 15.4 Å². The molecule has 1 aliphatic carbocycles. The van der Waals surface area contributed by atoms with Crippen LogP contribution in [0.25, 0.3) is 0 Å². The van der Waals surface area contributed by atoms with Gasteiger partial charge in [-0.25, -0.2) is 0 Å². The first kappa shape index (κ1) is 5.70. The number of aromatic nitrogens is 3. The summed E-state index contributed by atoms with van der Waals surface area (Å²) in [6.45, 7) is 0. The fraction of sp³-hybridized carbons (Fsp3) is 0.667. The van der Waals surface area contributed by atoms with Crippen molar-refractivity contribution in [2.45, 2.75) is 25.2 Å². The number of hydrogen-bond donors (Lipinski definition) is 2. The van der Waals surface area contributed by atoms with Crippen molar-refractivity contribution in [2.24, 2.45) is 0 Å². The maximum absolute atomic E-state index is 5.55. The molecule has 1 fully saturated rings. The molecule has 4 nitrogen and oxygen atoms in total. The van der Waals surface area contributed by atoms with Crippen molar-refractivity contribution in [1.82, 2.24) is 15.4 Å². The predicted molar refractivity (Wildman–Crippen MR) is 37.4 cm³/mol. The first-order valence-electron chi connectivity index (χ1n) is 3.54. The number of aromatic amines is 1. The van der Waals surface area contributed by atoms with Crippen molar-refractivity contribution >= 4 is 5.82 Å². The molecule has 0 spiro atoms. The van der Waals surface area contributed by atoms with Gasteiger partial charge in [-0.15, -0.1) is 5.10 Å². The molecule has 54 valence electrons. The molecule has 0 radical (unpaired) electrons. The van der Waals surface area contributed by atoms with Gasteiger partial charge in [0.1, 0.15) is 5.69 Å². The standard InChI is InChI=1S/C6H10N4/c7-6-5(8-10-9-6)4-2-1-3-4/h4H,1-3H2,(H3,7,8,9,10). The topological polar surface area (TPSA) is 67.6 Å². The van der Waals surface area contributed by atoms with Crippen LogP contribution in [0.5, 0.6) is 0 Å². The van der Waals surface area contributed by atoms with E-state index in [9.17, 15) is 0 Å². The van der Waals surface area contributed by atoms with Gasteiger partial charge in [0.2, 0.25) is 0 Å². The van der Waals surface area contributed by atoms with Gasteiger partial charge < -0.3 is 5.73 Å². The Labute approximate surface area is 58.8 Å². The second kappa shape index (κ2) is 1.97. The highest BCUT2D eigenvalue weighted by atomic mass is 15.3. The SMILES string of the molecule is Nc1n[nH]nc1C1CCC1. The summed E-state index contributed by atoms with van der Waals surface area (Å²) in [7, 11) is 0. The first-order chi connectivity index (χ1) is 4.88. The Bertz CT molecular complexity index is 225. The van der Waals surface area contributed by atoms with Crippen LogP contribution < -0.4 is 5.73 Å². The van der Waals surface area contributed by atoms with E-state index >= 15 is 0 Å². The number of nitrogen functional groups attached to an aromatic ring is 1. The van der Waals surface area contributed by atoms with E-state index in [-0.39, 0.29) is 0 Å². The average molecular weight is 138 g/mol. The molecule has 1 aliphatic rings. The Balaban J connectivity index is 2.23. The Morgan fingerprint density at radius 1 is 1.40 bits per heavy atom. The fourth-order valence-corrected chi connectivity index (χ4v) is 1.23. The van der Waals surface area contributed by atoms with Crippen molar-refractivity contribution in [1.29, 1.82) is 0 Å². The number of nitrogens with two attached hydrogens (primary N) is 1. The minimum absolute atomic E-state index is 0.574. The minimum Gasteiger partial charge on any atom is -0.381 e. The summed E-state index contributed by atoms with van der Waals surface area (Å²) < 4.78 is 0. The Kier molecular flexibility index (Phi) is 1.12. The Morgan fingerprint density at radius 3 is 2.60 bits per heavy atom. The molecule has 3 N–H and O–H groups in total. The van der Waals surface area contributed by atoms with Crippen molar-refractivity contribution in [2.75, 3.05) is 5.73 Å². The molecular weight excluding hydrogens is 128 g/mol. The number of H-pyrrole nitrogens is 1. The molecule has 10 heavy (non-hydrogen) atoms. The van der Waals surface area contributed by atoms with Gasteiger partial charge in [0.05, 0.1) is 0 Å². The van der Waals surface area contributed by atoms with Crippen LogP contribution in [-0.2, 0) is 0 Å². The molecule has 0 atom stereocenters. The van der Waals surface area contributed by atoms with Crippen LogP contribution in [0.1, 0.15) is 30.9 Å². The maximum Gasteiger partial charge on any atom is 0.169 e. The molecule has 1 aromatic heterocycles. The molecule has 0 unspecified atom stereocenters. The van der Waals surface area contributed by atoms with E-state index in [1.165, 1.54) is 19.3 Å². The van der Waals surface area contributed by atoms with Gasteiger partial charge in [0.15, 0.2) is 5.82 Å². The van der Waals surface area contributed by atoms with Gasteiger partial charge in [0.25, 0.3) is 0 Å². The van der Waals surface area contributed by atoms with E-state index < -0.39 is 0 Å². The van der Waals surface area contributed by atoms with Crippen LogP contribution in [0, 0.1) is 0 Å². The molecule has 1 aromatic rings. The third kappa shape index (κ3) is 0.683. The first-order valence-corrected chi connectivity index (χ1v) is 3.54. The number of nitrogens with zero attached hydrogens (tertiary/aromatic N) is 2. The lowest BCUT2D eigenvalue weighted by atomic mass is 9.83. The third-order valence-electron chi connectivity index (χ3n) is 2.10. The van der Waals surface area contributed by atoms with E-state index in [4.69, 9.17) is 5.73 Å². The maximum atomic E-state index is 5.55. The van der Waals surface area contributed by atoms with Crippen molar-refractivity contribution < 1.29 is 0 Å². The van der Waals surface area contributed by atoms with Gasteiger partial charge >= 0.3 is 0 Å². The van der Waals surface area contributed by atoms with Crippen LogP contribution in [0.3, 0.4) is 0 Å². The summed E-state index contributed by atoms with van der Waals surface area (Å²) in [6.07, 6.45) is 3.74. The van der Waals surface area contributed by atoms with E-state index in [0.717, 1.165) is 5.69 Å². The number of hydrogen-bond acceptors (Lipinski definition) is 3. The quantitative estimate of drug-likeness (QED) is 0.598. The zero-order valence-electron chi connectivity index (χ0n) is 5.67. The van der Waals surface area contributed by atoms with Gasteiger partial charge in [-0.1, -0.05) is 6.42 Å². The summed E-state index contributed by atoms with van der Waals surface area (Å²) in [6, 6.07) is 0. The van der Waals surface area contributed by atoms with E-state index in [1.54, 1.807) is 0 Å². The smallest absolute Gasteiger partial charge is 0.169 e. The second-order valence-electron chi connectivity index (χ2n) is 2.72. The zero-order valence-corrected chi connectivity index (χ0v) is 5.67. The molecule has 0 saturated heterocycles. The van der Waals surface area contributed by atoms with E-state index in [0.29, 0.717) is 11.7 Å². The molecule has 0 aliphatic heterocycles. The number of nitrogens with one attached hydrogen (secondary N) is 1. The molecule has 2 rings (SSSR count). The predicted octanol–water partition coefficient (Wildman–Crippen LogP) is 0.654. The largest absolute Gasteiger partial charge is 0.381 e. The van der Waals surface area contributed by atoms with Crippen LogP contribution in [0.2, 0.25) is 0 Å². The van der Waals surface area contributed by atoms with Gasteiger partial charge in [-0.05, 0) is 12.8 Å². The van der Waals surface area contributed by atoms with Crippen molar-refractivity contribution in [3.05, 3.63) is 5.69 Å².